The normalized spacial score (nSPS) is 19.1. The highest BCUT2D eigenvalue weighted by atomic mass is 35.5. The lowest BCUT2D eigenvalue weighted by Crippen LogP contribution is -2.56. The molecule has 0 aliphatic carbocycles. The van der Waals surface area contributed by atoms with Crippen LogP contribution in [0.4, 0.5) is 0 Å². The van der Waals surface area contributed by atoms with Crippen molar-refractivity contribution in [1.82, 2.24) is 4.31 Å². The molecule has 0 aromatic carbocycles. The molecule has 19 heavy (non-hydrogen) atoms. The van der Waals surface area contributed by atoms with Gasteiger partial charge < -0.3 is 14.3 Å². The topological polar surface area (TPSA) is 97.0 Å². The van der Waals surface area contributed by atoms with Crippen LogP contribution in [-0.2, 0) is 19.6 Å². The number of halogens is 1. The quantitative estimate of drug-likeness (QED) is 0.858. The van der Waals surface area contributed by atoms with Gasteiger partial charge in [0, 0.05) is 26.1 Å². The van der Waals surface area contributed by atoms with E-state index >= 15 is 0 Å². The minimum Gasteiger partial charge on any atom is -0.479 e. The number of ether oxygens (including phenoxy) is 1. The lowest BCUT2D eigenvalue weighted by Gasteiger charge is -2.39. The highest BCUT2D eigenvalue weighted by molar-refractivity contribution is 7.89. The molecule has 0 spiro atoms. The van der Waals surface area contributed by atoms with Gasteiger partial charge in [-0.3, -0.25) is 0 Å². The molecule has 7 nitrogen and oxygen atoms in total. The summed E-state index contributed by atoms with van der Waals surface area (Å²) in [5.41, 5.74) is 0. The van der Waals surface area contributed by atoms with Gasteiger partial charge in [0.05, 0.1) is 6.26 Å². The largest absolute Gasteiger partial charge is 0.479 e. The molecule has 1 fully saturated rings. The molecule has 9 heteroatoms. The first-order chi connectivity index (χ1) is 8.87. The molecule has 0 saturated carbocycles. The Balaban J connectivity index is 2.08. The minimum atomic E-state index is -3.73. The summed E-state index contributed by atoms with van der Waals surface area (Å²) in [5.74, 6) is -1.48. The van der Waals surface area contributed by atoms with E-state index in [9.17, 15) is 13.2 Å². The second-order valence-corrected chi connectivity index (χ2v) is 6.38. The number of carboxylic acids is 1. The lowest BCUT2D eigenvalue weighted by atomic mass is 9.96. The van der Waals surface area contributed by atoms with Crippen LogP contribution in [0.5, 0.6) is 0 Å². The summed E-state index contributed by atoms with van der Waals surface area (Å²) in [7, 11) is -2.45. The van der Waals surface area contributed by atoms with Gasteiger partial charge in [0.15, 0.2) is 6.10 Å². The highest BCUT2D eigenvalue weighted by Gasteiger charge is 2.44. The number of hydrogen-bond acceptors (Lipinski definition) is 5. The molecule has 1 aromatic heterocycles. The van der Waals surface area contributed by atoms with Crippen molar-refractivity contribution >= 4 is 27.6 Å². The average molecular weight is 310 g/mol. The molecule has 0 amide bonds. The van der Waals surface area contributed by atoms with E-state index in [4.69, 9.17) is 25.9 Å². The number of hydrogen-bond donors (Lipinski definition) is 1. The summed E-state index contributed by atoms with van der Waals surface area (Å²) >= 11 is 5.63. The average Bonchev–Trinajstić information content (AvgIpc) is 2.68. The zero-order valence-electron chi connectivity index (χ0n) is 9.95. The molecule has 1 N–H and O–H groups in total. The Hall–Kier alpha value is -1.09. The molecular weight excluding hydrogens is 298 g/mol. The van der Waals surface area contributed by atoms with Crippen molar-refractivity contribution in [3.05, 3.63) is 17.5 Å². The molecular formula is C10H12ClNO6S. The van der Waals surface area contributed by atoms with Crippen LogP contribution < -0.4 is 0 Å². The Kier molecular flexibility index (Phi) is 3.86. The molecule has 2 heterocycles. The third kappa shape index (κ3) is 2.48. The maximum absolute atomic E-state index is 12.1. The minimum absolute atomic E-state index is 0.0780. The third-order valence-corrected chi connectivity index (χ3v) is 5.26. The van der Waals surface area contributed by atoms with Crippen molar-refractivity contribution < 1.29 is 27.5 Å². The summed E-state index contributed by atoms with van der Waals surface area (Å²) in [6.07, 6.45) is 0.174. The summed E-state index contributed by atoms with van der Waals surface area (Å²) in [4.78, 5) is 10.8. The van der Waals surface area contributed by atoms with Crippen molar-refractivity contribution in [3.8, 4) is 0 Å². The molecule has 1 aromatic rings. The molecule has 0 radical (unpaired) electrons. The zero-order valence-corrected chi connectivity index (χ0v) is 11.5. The summed E-state index contributed by atoms with van der Waals surface area (Å²) in [5, 5.41) is 8.69. The van der Waals surface area contributed by atoms with Gasteiger partial charge in [0.25, 0.3) is 0 Å². The van der Waals surface area contributed by atoms with Gasteiger partial charge in [0.1, 0.15) is 4.90 Å². The van der Waals surface area contributed by atoms with Crippen LogP contribution in [0.3, 0.4) is 0 Å². The predicted molar refractivity (Wildman–Crippen MR) is 64.4 cm³/mol. The van der Waals surface area contributed by atoms with Gasteiger partial charge in [0.2, 0.25) is 15.2 Å². The standard InChI is InChI=1S/C10H12ClNO6S/c1-17-8(10(13)14)6-4-12(5-6)19(15,16)7-2-3-18-9(7)11/h2-3,6,8H,4-5H2,1H3,(H,13,14). The monoisotopic (exact) mass is 309 g/mol. The maximum Gasteiger partial charge on any atom is 0.333 e. The smallest absolute Gasteiger partial charge is 0.333 e. The van der Waals surface area contributed by atoms with Crippen LogP contribution in [-0.4, -0.2) is 50.1 Å². The van der Waals surface area contributed by atoms with E-state index in [2.05, 4.69) is 0 Å². The number of carbonyl (C=O) groups is 1. The van der Waals surface area contributed by atoms with Gasteiger partial charge in [-0.25, -0.2) is 13.2 Å². The van der Waals surface area contributed by atoms with Crippen molar-refractivity contribution in [2.24, 2.45) is 5.92 Å². The number of nitrogens with zero attached hydrogens (tertiary/aromatic N) is 1. The lowest BCUT2D eigenvalue weighted by molar-refractivity contribution is -0.154. The van der Waals surface area contributed by atoms with E-state index in [0.717, 1.165) is 4.31 Å². The van der Waals surface area contributed by atoms with Crippen molar-refractivity contribution in [2.45, 2.75) is 11.0 Å². The fraction of sp³-hybridized carbons (Fsp3) is 0.500. The zero-order chi connectivity index (χ0) is 14.2. The van der Waals surface area contributed by atoms with Crippen LogP contribution in [0.2, 0.25) is 5.22 Å². The Labute approximate surface area is 114 Å². The Morgan fingerprint density at radius 1 is 1.63 bits per heavy atom. The third-order valence-electron chi connectivity index (χ3n) is 3.00. The molecule has 1 saturated heterocycles. The van der Waals surface area contributed by atoms with Gasteiger partial charge in [-0.1, -0.05) is 0 Å². The first kappa shape index (κ1) is 14.3. The van der Waals surface area contributed by atoms with Crippen LogP contribution in [0, 0.1) is 5.92 Å². The Morgan fingerprint density at radius 2 is 2.26 bits per heavy atom. The first-order valence-corrected chi connectivity index (χ1v) is 7.18. The second-order valence-electron chi connectivity index (χ2n) is 4.14. The maximum atomic E-state index is 12.1. The Morgan fingerprint density at radius 3 is 2.68 bits per heavy atom. The van der Waals surface area contributed by atoms with E-state index in [1.165, 1.54) is 19.4 Å². The fourth-order valence-corrected chi connectivity index (χ4v) is 3.90. The van der Waals surface area contributed by atoms with Crippen molar-refractivity contribution in [3.63, 3.8) is 0 Å². The van der Waals surface area contributed by atoms with Crippen LogP contribution in [0.25, 0.3) is 0 Å². The van der Waals surface area contributed by atoms with Gasteiger partial charge in [-0.05, 0) is 17.7 Å². The molecule has 1 aliphatic heterocycles. The van der Waals surface area contributed by atoms with Crippen LogP contribution in [0.1, 0.15) is 0 Å². The van der Waals surface area contributed by atoms with Crippen LogP contribution in [0.15, 0.2) is 21.6 Å². The predicted octanol–water partition coefficient (Wildman–Crippen LogP) is 0.653. The number of aliphatic carboxylic acids is 1. The first-order valence-electron chi connectivity index (χ1n) is 5.36. The molecule has 1 atom stereocenters. The summed E-state index contributed by atoms with van der Waals surface area (Å²) < 4.78 is 34.9. The van der Waals surface area contributed by atoms with E-state index in [1.807, 2.05) is 0 Å². The number of sulfonamides is 1. The number of rotatable bonds is 5. The fourth-order valence-electron chi connectivity index (χ4n) is 1.96. The SMILES string of the molecule is COC(C(=O)O)C1CN(S(=O)(=O)c2ccoc2Cl)C1. The van der Waals surface area contributed by atoms with E-state index in [-0.39, 0.29) is 29.1 Å². The molecule has 106 valence electrons. The van der Waals surface area contributed by atoms with Gasteiger partial charge in [-0.15, -0.1) is 0 Å². The van der Waals surface area contributed by atoms with Crippen molar-refractivity contribution in [1.29, 1.82) is 0 Å². The second kappa shape index (κ2) is 5.12. The summed E-state index contributed by atoms with van der Waals surface area (Å²) in [6, 6.07) is 1.26. The van der Waals surface area contributed by atoms with E-state index in [0.29, 0.717) is 0 Å². The number of methoxy groups -OCH3 is 1. The van der Waals surface area contributed by atoms with Gasteiger partial charge >= 0.3 is 5.97 Å². The Bertz CT molecular complexity index is 577. The van der Waals surface area contributed by atoms with E-state index in [1.54, 1.807) is 0 Å². The number of carboxylic acid groups (broad SMARTS) is 1. The number of furan rings is 1. The molecule has 0 bridgehead atoms. The molecule has 2 rings (SSSR count). The molecule has 1 unspecified atom stereocenters. The summed E-state index contributed by atoms with van der Waals surface area (Å²) in [6.45, 7) is 0.156. The highest BCUT2D eigenvalue weighted by Crippen LogP contribution is 2.31. The van der Waals surface area contributed by atoms with Gasteiger partial charge in [-0.2, -0.15) is 4.31 Å². The van der Waals surface area contributed by atoms with E-state index < -0.39 is 22.1 Å². The molecule has 1 aliphatic rings. The van der Waals surface area contributed by atoms with Crippen molar-refractivity contribution in [2.75, 3.05) is 20.2 Å². The van der Waals surface area contributed by atoms with Crippen LogP contribution >= 0.6 is 11.6 Å².